The van der Waals surface area contributed by atoms with Gasteiger partial charge < -0.3 is 4.40 Å². The van der Waals surface area contributed by atoms with Gasteiger partial charge in [0.2, 0.25) is 0 Å². The van der Waals surface area contributed by atoms with Crippen molar-refractivity contribution in [3.63, 3.8) is 0 Å². The summed E-state index contributed by atoms with van der Waals surface area (Å²) in [6, 6.07) is 0. The second-order valence-electron chi connectivity index (χ2n) is 4.33. The smallest absolute Gasteiger partial charge is 0.155 e. The lowest BCUT2D eigenvalue weighted by molar-refractivity contribution is 0.634. The highest BCUT2D eigenvalue weighted by molar-refractivity contribution is 5.67. The molecule has 3 aromatic rings. The second kappa shape index (κ2) is 3.94. The average Bonchev–Trinajstić information content (AvgIpc) is 2.89. The van der Waals surface area contributed by atoms with Crippen LogP contribution in [0.2, 0.25) is 0 Å². The molecule has 0 saturated carbocycles. The molecule has 0 atom stereocenters. The van der Waals surface area contributed by atoms with Crippen molar-refractivity contribution in [2.75, 3.05) is 0 Å². The van der Waals surface area contributed by atoms with Gasteiger partial charge in [0.05, 0.1) is 17.6 Å². The van der Waals surface area contributed by atoms with E-state index in [0.29, 0.717) is 0 Å². The molecule has 0 aliphatic rings. The first-order chi connectivity index (χ1) is 8.70. The Hall–Kier alpha value is -2.17. The molecule has 18 heavy (non-hydrogen) atoms. The summed E-state index contributed by atoms with van der Waals surface area (Å²) in [5.41, 5.74) is 5.12. The Balaban J connectivity index is 2.22. The minimum Gasteiger partial charge on any atom is -0.304 e. The summed E-state index contributed by atoms with van der Waals surface area (Å²) in [5, 5.41) is 4.53. The van der Waals surface area contributed by atoms with Crippen LogP contribution in [0.25, 0.3) is 16.9 Å². The van der Waals surface area contributed by atoms with E-state index < -0.39 is 0 Å². The third-order valence-corrected chi connectivity index (χ3v) is 3.20. The maximum atomic E-state index is 4.60. The highest BCUT2D eigenvalue weighted by Crippen LogP contribution is 2.26. The Morgan fingerprint density at radius 2 is 2.11 bits per heavy atom. The maximum absolute atomic E-state index is 4.60. The maximum Gasteiger partial charge on any atom is 0.155 e. The summed E-state index contributed by atoms with van der Waals surface area (Å²) in [6.45, 7) is 7.08. The molecule has 0 saturated heterocycles. The molecule has 3 rings (SSSR count). The molecule has 0 unspecified atom stereocenters. The van der Waals surface area contributed by atoms with Crippen LogP contribution in [0.4, 0.5) is 0 Å². The third kappa shape index (κ3) is 1.51. The first kappa shape index (κ1) is 11.0. The molecule has 0 aliphatic carbocycles. The zero-order valence-electron chi connectivity index (χ0n) is 10.8. The number of aryl methyl sites for hydroxylation is 2. The molecule has 3 aromatic heterocycles. The highest BCUT2D eigenvalue weighted by Gasteiger charge is 2.15. The van der Waals surface area contributed by atoms with Gasteiger partial charge in [-0.25, -0.2) is 4.98 Å². The highest BCUT2D eigenvalue weighted by atomic mass is 15.3. The third-order valence-electron chi connectivity index (χ3n) is 3.20. The Morgan fingerprint density at radius 1 is 1.28 bits per heavy atom. The van der Waals surface area contributed by atoms with Gasteiger partial charge in [-0.05, 0) is 20.8 Å². The van der Waals surface area contributed by atoms with Gasteiger partial charge in [-0.3, -0.25) is 9.67 Å². The lowest BCUT2D eigenvalue weighted by Crippen LogP contribution is -1.98. The molecule has 3 heterocycles. The standard InChI is InChI=1S/C13H15N5/c1-4-18-10(3)13(9(2)16-18)11-8-17-6-5-14-7-12(17)15-11/h5-8H,4H2,1-3H3. The fourth-order valence-electron chi connectivity index (χ4n) is 2.34. The summed E-state index contributed by atoms with van der Waals surface area (Å²) in [5.74, 6) is 0. The number of fused-ring (bicyclic) bond motifs is 1. The first-order valence-corrected chi connectivity index (χ1v) is 6.03. The van der Waals surface area contributed by atoms with Crippen LogP contribution in [0.1, 0.15) is 18.3 Å². The molecule has 5 nitrogen and oxygen atoms in total. The van der Waals surface area contributed by atoms with Crippen LogP contribution in [-0.2, 0) is 6.54 Å². The van der Waals surface area contributed by atoms with Gasteiger partial charge in [0, 0.05) is 36.4 Å². The van der Waals surface area contributed by atoms with Gasteiger partial charge in [0.25, 0.3) is 0 Å². The molecule has 0 spiro atoms. The van der Waals surface area contributed by atoms with E-state index in [4.69, 9.17) is 0 Å². The van der Waals surface area contributed by atoms with Crippen molar-refractivity contribution < 1.29 is 0 Å². The molecule has 0 N–H and O–H groups in total. The van der Waals surface area contributed by atoms with E-state index in [9.17, 15) is 0 Å². The van der Waals surface area contributed by atoms with Gasteiger partial charge in [-0.2, -0.15) is 5.10 Å². The predicted molar refractivity (Wildman–Crippen MR) is 69.4 cm³/mol. The number of nitrogens with zero attached hydrogens (tertiary/aromatic N) is 5. The topological polar surface area (TPSA) is 48.0 Å². The van der Waals surface area contributed by atoms with Crippen LogP contribution in [0.5, 0.6) is 0 Å². The number of hydrogen-bond acceptors (Lipinski definition) is 3. The molecule has 92 valence electrons. The van der Waals surface area contributed by atoms with Crippen molar-refractivity contribution in [1.82, 2.24) is 24.1 Å². The molecular weight excluding hydrogens is 226 g/mol. The van der Waals surface area contributed by atoms with E-state index in [-0.39, 0.29) is 0 Å². The summed E-state index contributed by atoms with van der Waals surface area (Å²) in [7, 11) is 0. The number of rotatable bonds is 2. The van der Waals surface area contributed by atoms with Gasteiger partial charge in [-0.1, -0.05) is 0 Å². The van der Waals surface area contributed by atoms with Crippen LogP contribution in [0.15, 0.2) is 24.8 Å². The normalized spacial score (nSPS) is 11.3. The summed E-state index contributed by atoms with van der Waals surface area (Å²) in [6.07, 6.45) is 7.45. The molecule has 5 heteroatoms. The molecule has 0 aromatic carbocycles. The summed E-state index contributed by atoms with van der Waals surface area (Å²) < 4.78 is 3.98. The Bertz CT molecular complexity index is 674. The van der Waals surface area contributed by atoms with Crippen molar-refractivity contribution in [1.29, 1.82) is 0 Å². The molecule has 0 bridgehead atoms. The monoisotopic (exact) mass is 241 g/mol. The van der Waals surface area contributed by atoms with Crippen LogP contribution in [0, 0.1) is 13.8 Å². The van der Waals surface area contributed by atoms with E-state index >= 15 is 0 Å². The predicted octanol–water partition coefficient (Wildman–Crippen LogP) is 2.23. The van der Waals surface area contributed by atoms with Crippen LogP contribution in [-0.4, -0.2) is 24.1 Å². The lowest BCUT2D eigenvalue weighted by Gasteiger charge is -1.99. The van der Waals surface area contributed by atoms with Gasteiger partial charge in [0.15, 0.2) is 5.65 Å². The van der Waals surface area contributed by atoms with E-state index in [1.165, 1.54) is 0 Å². The van der Waals surface area contributed by atoms with Crippen LogP contribution < -0.4 is 0 Å². The lowest BCUT2D eigenvalue weighted by atomic mass is 10.1. The van der Waals surface area contributed by atoms with E-state index in [1.54, 1.807) is 12.4 Å². The quantitative estimate of drug-likeness (QED) is 0.691. The van der Waals surface area contributed by atoms with Gasteiger partial charge in [0.1, 0.15) is 0 Å². The number of hydrogen-bond donors (Lipinski definition) is 0. The second-order valence-corrected chi connectivity index (χ2v) is 4.33. The van der Waals surface area contributed by atoms with Crippen molar-refractivity contribution >= 4 is 5.65 Å². The van der Waals surface area contributed by atoms with Crippen molar-refractivity contribution in [3.8, 4) is 11.3 Å². The number of aromatic nitrogens is 5. The summed E-state index contributed by atoms with van der Waals surface area (Å²) >= 11 is 0. The molecule has 0 amide bonds. The van der Waals surface area contributed by atoms with Crippen molar-refractivity contribution in [3.05, 3.63) is 36.2 Å². The largest absolute Gasteiger partial charge is 0.304 e. The molecule has 0 fully saturated rings. The number of imidazole rings is 1. The Morgan fingerprint density at radius 3 is 2.78 bits per heavy atom. The molecule has 0 radical (unpaired) electrons. The van der Waals surface area contributed by atoms with E-state index in [0.717, 1.165) is 34.8 Å². The fourth-order valence-corrected chi connectivity index (χ4v) is 2.34. The summed E-state index contributed by atoms with van der Waals surface area (Å²) in [4.78, 5) is 8.68. The van der Waals surface area contributed by atoms with E-state index in [1.807, 2.05) is 28.4 Å². The minimum atomic E-state index is 0.857. The average molecular weight is 241 g/mol. The van der Waals surface area contributed by atoms with E-state index in [2.05, 4.69) is 28.9 Å². The fraction of sp³-hybridized carbons (Fsp3) is 0.308. The zero-order valence-corrected chi connectivity index (χ0v) is 10.8. The zero-order chi connectivity index (χ0) is 12.7. The van der Waals surface area contributed by atoms with Crippen molar-refractivity contribution in [2.45, 2.75) is 27.3 Å². The Kier molecular flexibility index (Phi) is 2.40. The first-order valence-electron chi connectivity index (χ1n) is 6.03. The molecular formula is C13H15N5. The van der Waals surface area contributed by atoms with Crippen molar-refractivity contribution in [2.24, 2.45) is 0 Å². The van der Waals surface area contributed by atoms with Gasteiger partial charge >= 0.3 is 0 Å². The van der Waals surface area contributed by atoms with Gasteiger partial charge in [-0.15, -0.1) is 0 Å². The minimum absolute atomic E-state index is 0.857. The Labute approximate surface area is 105 Å². The molecule has 0 aliphatic heterocycles. The van der Waals surface area contributed by atoms with Crippen LogP contribution in [0.3, 0.4) is 0 Å². The van der Waals surface area contributed by atoms with Crippen LogP contribution >= 0.6 is 0 Å². The SMILES string of the molecule is CCn1nc(C)c(-c2cn3ccncc3n2)c1C.